The molecule has 2 aliphatic rings. The van der Waals surface area contributed by atoms with Crippen LogP contribution in [-0.4, -0.2) is 60.2 Å². The van der Waals surface area contributed by atoms with Gasteiger partial charge >= 0.3 is 0 Å². The molecule has 2 heterocycles. The van der Waals surface area contributed by atoms with Crippen molar-refractivity contribution in [1.29, 1.82) is 0 Å². The SMILES string of the molecule is CC(=O)Nc1ccc(N2CC(C(=O)N3CCN(Cc4ccccc4)CC3)CC2=O)cc1. The van der Waals surface area contributed by atoms with Crippen LogP contribution in [0.3, 0.4) is 0 Å². The van der Waals surface area contributed by atoms with Crippen molar-refractivity contribution in [3.8, 4) is 0 Å². The molecule has 162 valence electrons. The van der Waals surface area contributed by atoms with Crippen molar-refractivity contribution in [2.45, 2.75) is 19.9 Å². The minimum absolute atomic E-state index is 0.0339. The van der Waals surface area contributed by atoms with Gasteiger partial charge in [-0.2, -0.15) is 0 Å². The first kappa shape index (κ1) is 21.1. The number of carbonyl (C=O) groups excluding carboxylic acids is 3. The highest BCUT2D eigenvalue weighted by molar-refractivity contribution is 6.00. The summed E-state index contributed by atoms with van der Waals surface area (Å²) in [6.07, 6.45) is 0.247. The standard InChI is InChI=1S/C24H28N4O3/c1-18(29)25-21-7-9-22(10-8-21)28-17-20(15-23(28)30)24(31)27-13-11-26(12-14-27)16-19-5-3-2-4-6-19/h2-10,20H,11-17H2,1H3,(H,25,29). The number of anilines is 2. The molecule has 31 heavy (non-hydrogen) atoms. The first-order valence-electron chi connectivity index (χ1n) is 10.7. The average molecular weight is 421 g/mol. The maximum Gasteiger partial charge on any atom is 0.228 e. The van der Waals surface area contributed by atoms with Gasteiger partial charge in [0, 0.05) is 64.0 Å². The Labute approximate surface area is 182 Å². The average Bonchev–Trinajstić information content (AvgIpc) is 3.16. The summed E-state index contributed by atoms with van der Waals surface area (Å²) in [6.45, 7) is 5.83. The Morgan fingerprint density at radius 3 is 2.29 bits per heavy atom. The summed E-state index contributed by atoms with van der Waals surface area (Å²) in [4.78, 5) is 42.7. The van der Waals surface area contributed by atoms with Crippen LogP contribution in [0.4, 0.5) is 11.4 Å². The third kappa shape index (κ3) is 5.11. The van der Waals surface area contributed by atoms with Crippen LogP contribution in [-0.2, 0) is 20.9 Å². The molecule has 4 rings (SSSR count). The Kier molecular flexibility index (Phi) is 6.32. The zero-order chi connectivity index (χ0) is 21.8. The molecule has 1 N–H and O–H groups in total. The second-order valence-electron chi connectivity index (χ2n) is 8.22. The van der Waals surface area contributed by atoms with Crippen LogP contribution in [0.2, 0.25) is 0 Å². The number of benzene rings is 2. The fourth-order valence-corrected chi connectivity index (χ4v) is 4.28. The molecule has 2 aromatic rings. The highest BCUT2D eigenvalue weighted by atomic mass is 16.2. The number of amides is 3. The van der Waals surface area contributed by atoms with Gasteiger partial charge in [-0.25, -0.2) is 0 Å². The Bertz CT molecular complexity index is 937. The number of nitrogens with one attached hydrogen (secondary N) is 1. The highest BCUT2D eigenvalue weighted by Gasteiger charge is 2.37. The molecule has 3 amide bonds. The molecule has 0 saturated carbocycles. The van der Waals surface area contributed by atoms with E-state index in [1.54, 1.807) is 29.2 Å². The zero-order valence-corrected chi connectivity index (χ0v) is 17.8. The van der Waals surface area contributed by atoms with Gasteiger partial charge in [0.1, 0.15) is 0 Å². The van der Waals surface area contributed by atoms with Crippen LogP contribution in [0, 0.1) is 5.92 Å². The maximum atomic E-state index is 13.0. The molecule has 0 radical (unpaired) electrons. The third-order valence-corrected chi connectivity index (χ3v) is 5.91. The van der Waals surface area contributed by atoms with Gasteiger partial charge in [0.25, 0.3) is 0 Å². The lowest BCUT2D eigenvalue weighted by Gasteiger charge is -2.36. The normalized spacial score (nSPS) is 19.5. The number of hydrogen-bond acceptors (Lipinski definition) is 4. The first-order valence-corrected chi connectivity index (χ1v) is 10.7. The van der Waals surface area contributed by atoms with Gasteiger partial charge in [-0.3, -0.25) is 19.3 Å². The fraction of sp³-hybridized carbons (Fsp3) is 0.375. The van der Waals surface area contributed by atoms with Crippen molar-refractivity contribution in [1.82, 2.24) is 9.80 Å². The molecule has 2 saturated heterocycles. The van der Waals surface area contributed by atoms with Gasteiger partial charge in [0.15, 0.2) is 0 Å². The molecular weight excluding hydrogens is 392 g/mol. The lowest BCUT2D eigenvalue weighted by molar-refractivity contribution is -0.137. The minimum atomic E-state index is -0.303. The summed E-state index contributed by atoms with van der Waals surface area (Å²) in [7, 11) is 0. The monoisotopic (exact) mass is 420 g/mol. The summed E-state index contributed by atoms with van der Waals surface area (Å²) in [6, 6.07) is 17.5. The highest BCUT2D eigenvalue weighted by Crippen LogP contribution is 2.28. The Hall–Kier alpha value is -3.19. The summed E-state index contributed by atoms with van der Waals surface area (Å²) in [5.74, 6) is -0.402. The Morgan fingerprint density at radius 2 is 1.65 bits per heavy atom. The Balaban J connectivity index is 1.31. The van der Waals surface area contributed by atoms with Crippen LogP contribution in [0.5, 0.6) is 0 Å². The lowest BCUT2D eigenvalue weighted by Crippen LogP contribution is -2.50. The van der Waals surface area contributed by atoms with Gasteiger partial charge < -0.3 is 15.1 Å². The quantitative estimate of drug-likeness (QED) is 0.806. The van der Waals surface area contributed by atoms with Gasteiger partial charge in [0.2, 0.25) is 17.7 Å². The van der Waals surface area contributed by atoms with Crippen LogP contribution >= 0.6 is 0 Å². The van der Waals surface area contributed by atoms with Crippen molar-refractivity contribution < 1.29 is 14.4 Å². The molecule has 0 aliphatic carbocycles. The molecule has 2 aromatic carbocycles. The summed E-state index contributed by atoms with van der Waals surface area (Å²) >= 11 is 0. The largest absolute Gasteiger partial charge is 0.340 e. The van der Waals surface area contributed by atoms with Gasteiger partial charge in [-0.15, -0.1) is 0 Å². The van der Waals surface area contributed by atoms with E-state index in [4.69, 9.17) is 0 Å². The van der Waals surface area contributed by atoms with Crippen molar-refractivity contribution in [2.24, 2.45) is 5.92 Å². The van der Waals surface area contributed by atoms with Crippen molar-refractivity contribution in [3.05, 3.63) is 60.2 Å². The van der Waals surface area contributed by atoms with Crippen LogP contribution in [0.1, 0.15) is 18.9 Å². The van der Waals surface area contributed by atoms with E-state index in [9.17, 15) is 14.4 Å². The van der Waals surface area contributed by atoms with E-state index in [2.05, 4.69) is 22.3 Å². The lowest BCUT2D eigenvalue weighted by atomic mass is 10.1. The molecule has 7 nitrogen and oxygen atoms in total. The van der Waals surface area contributed by atoms with Crippen LogP contribution in [0.15, 0.2) is 54.6 Å². The van der Waals surface area contributed by atoms with Gasteiger partial charge in [-0.05, 0) is 29.8 Å². The topological polar surface area (TPSA) is 73.0 Å². The van der Waals surface area contributed by atoms with Crippen LogP contribution < -0.4 is 10.2 Å². The van der Waals surface area contributed by atoms with E-state index in [0.717, 1.165) is 25.3 Å². The third-order valence-electron chi connectivity index (χ3n) is 5.91. The summed E-state index contributed by atoms with van der Waals surface area (Å²) < 4.78 is 0. The molecule has 0 aromatic heterocycles. The van der Waals surface area contributed by atoms with Crippen molar-refractivity contribution in [3.63, 3.8) is 0 Å². The molecule has 2 aliphatic heterocycles. The molecule has 2 fully saturated rings. The molecule has 0 bridgehead atoms. The zero-order valence-electron chi connectivity index (χ0n) is 17.8. The number of hydrogen-bond donors (Lipinski definition) is 1. The first-order chi connectivity index (χ1) is 15.0. The summed E-state index contributed by atoms with van der Waals surface area (Å²) in [5.41, 5.74) is 2.72. The second kappa shape index (κ2) is 9.31. The minimum Gasteiger partial charge on any atom is -0.340 e. The fourth-order valence-electron chi connectivity index (χ4n) is 4.28. The Morgan fingerprint density at radius 1 is 0.968 bits per heavy atom. The van der Waals surface area contributed by atoms with Crippen LogP contribution in [0.25, 0.3) is 0 Å². The molecule has 1 unspecified atom stereocenters. The van der Waals surface area contributed by atoms with Gasteiger partial charge in [0.05, 0.1) is 5.92 Å². The number of rotatable bonds is 5. The smallest absolute Gasteiger partial charge is 0.228 e. The number of nitrogens with zero attached hydrogens (tertiary/aromatic N) is 3. The number of carbonyl (C=O) groups is 3. The van der Waals surface area contributed by atoms with Crippen molar-refractivity contribution >= 4 is 29.1 Å². The van der Waals surface area contributed by atoms with E-state index >= 15 is 0 Å². The predicted molar refractivity (Wildman–Crippen MR) is 120 cm³/mol. The molecule has 7 heteroatoms. The van der Waals surface area contributed by atoms with E-state index in [1.807, 2.05) is 23.1 Å². The molecular formula is C24H28N4O3. The predicted octanol–water partition coefficient (Wildman–Crippen LogP) is 2.34. The van der Waals surface area contributed by atoms with E-state index in [0.29, 0.717) is 25.3 Å². The van der Waals surface area contributed by atoms with E-state index in [-0.39, 0.29) is 30.1 Å². The number of piperazine rings is 1. The summed E-state index contributed by atoms with van der Waals surface area (Å²) in [5, 5.41) is 2.72. The second-order valence-corrected chi connectivity index (χ2v) is 8.22. The van der Waals surface area contributed by atoms with E-state index in [1.165, 1.54) is 12.5 Å². The van der Waals surface area contributed by atoms with Gasteiger partial charge in [-0.1, -0.05) is 30.3 Å². The van der Waals surface area contributed by atoms with E-state index < -0.39 is 0 Å². The maximum absolute atomic E-state index is 13.0. The van der Waals surface area contributed by atoms with Crippen molar-refractivity contribution in [2.75, 3.05) is 42.9 Å². The molecule has 1 atom stereocenters. The molecule has 0 spiro atoms.